The molecule has 1 saturated heterocycles. The number of carbonyl (C=O) groups excluding carboxylic acids is 1. The Morgan fingerprint density at radius 3 is 2.90 bits per heavy atom. The summed E-state index contributed by atoms with van der Waals surface area (Å²) in [6.07, 6.45) is 8.09. The Bertz CT molecular complexity index is 1510. The average molecular weight is 542 g/mol. The van der Waals surface area contributed by atoms with Crippen molar-refractivity contribution in [3.63, 3.8) is 0 Å². The van der Waals surface area contributed by atoms with Crippen LogP contribution < -0.4 is 15.5 Å². The van der Waals surface area contributed by atoms with E-state index in [0.717, 1.165) is 11.2 Å². The van der Waals surface area contributed by atoms with Gasteiger partial charge in [-0.1, -0.05) is 12.1 Å². The summed E-state index contributed by atoms with van der Waals surface area (Å²) in [5.74, 6) is 1.49. The van der Waals surface area contributed by atoms with Crippen molar-refractivity contribution in [1.29, 1.82) is 0 Å². The van der Waals surface area contributed by atoms with Gasteiger partial charge < -0.3 is 30.3 Å². The largest absolute Gasteiger partial charge is 0.394 e. The number of hydrogen-bond acceptors (Lipinski definition) is 11. The minimum absolute atomic E-state index is 0.0340. The van der Waals surface area contributed by atoms with Gasteiger partial charge in [0.25, 0.3) is 0 Å². The number of ether oxygens (including phenoxy) is 1. The van der Waals surface area contributed by atoms with Crippen LogP contribution in [0.1, 0.15) is 0 Å². The number of aromatic nitrogens is 5. The Morgan fingerprint density at radius 2 is 2.05 bits per heavy atom. The van der Waals surface area contributed by atoms with E-state index in [1.54, 1.807) is 36.8 Å². The van der Waals surface area contributed by atoms with E-state index in [9.17, 15) is 9.90 Å². The molecular weight excluding hydrogens is 510 g/mol. The van der Waals surface area contributed by atoms with Gasteiger partial charge in [0.15, 0.2) is 0 Å². The summed E-state index contributed by atoms with van der Waals surface area (Å²) in [7, 11) is 3.87. The summed E-state index contributed by atoms with van der Waals surface area (Å²) < 4.78 is 5.55. The van der Waals surface area contributed by atoms with Gasteiger partial charge >= 0.3 is 0 Å². The first-order valence-electron chi connectivity index (χ1n) is 12.9. The van der Waals surface area contributed by atoms with Crippen LogP contribution in [0.4, 0.5) is 23.3 Å². The molecule has 4 aromatic rings. The molecular formula is C28H31N9O3. The van der Waals surface area contributed by atoms with Gasteiger partial charge in [0, 0.05) is 55.4 Å². The molecule has 5 heterocycles. The summed E-state index contributed by atoms with van der Waals surface area (Å²) in [6, 6.07) is 11.0. The smallest absolute Gasteiger partial charge is 0.248 e. The zero-order chi connectivity index (χ0) is 27.9. The van der Waals surface area contributed by atoms with Gasteiger partial charge in [-0.05, 0) is 44.4 Å². The highest BCUT2D eigenvalue weighted by atomic mass is 16.5. The fraction of sp³-hybridized carbons (Fsp3) is 0.286. The average Bonchev–Trinajstić information content (AvgIpc) is 2.97. The molecule has 1 amide bonds. The van der Waals surface area contributed by atoms with Crippen molar-refractivity contribution >= 4 is 40.1 Å². The number of nitrogens with one attached hydrogen (secondary N) is 2. The molecule has 0 saturated carbocycles. The Morgan fingerprint density at radius 1 is 1.18 bits per heavy atom. The second-order valence-electron chi connectivity index (χ2n) is 9.50. The molecule has 1 aliphatic heterocycles. The van der Waals surface area contributed by atoms with Crippen LogP contribution in [0.5, 0.6) is 0 Å². The van der Waals surface area contributed by atoms with E-state index >= 15 is 0 Å². The van der Waals surface area contributed by atoms with Crippen LogP contribution in [0, 0.1) is 0 Å². The molecule has 40 heavy (non-hydrogen) atoms. The zero-order valence-corrected chi connectivity index (χ0v) is 22.4. The van der Waals surface area contributed by atoms with Gasteiger partial charge in [-0.2, -0.15) is 0 Å². The second-order valence-corrected chi connectivity index (χ2v) is 9.50. The number of fused-ring (bicyclic) bond motifs is 1. The maximum atomic E-state index is 12.3. The van der Waals surface area contributed by atoms with Crippen LogP contribution in [0.2, 0.25) is 0 Å². The molecule has 0 bridgehead atoms. The summed E-state index contributed by atoms with van der Waals surface area (Å²) in [6.45, 7) is 2.41. The third kappa shape index (κ3) is 6.72. The van der Waals surface area contributed by atoms with Crippen molar-refractivity contribution < 1.29 is 14.6 Å². The lowest BCUT2D eigenvalue weighted by molar-refractivity contribution is -0.111. The molecule has 3 N–H and O–H groups in total. The summed E-state index contributed by atoms with van der Waals surface area (Å²) in [5, 5.41) is 16.3. The molecule has 12 nitrogen and oxygen atoms in total. The first kappa shape index (κ1) is 27.1. The predicted molar refractivity (Wildman–Crippen MR) is 153 cm³/mol. The number of amides is 1. The SMILES string of the molecule is CN(C)CC=CC(=O)Nc1ccnc(-c2nccc3cnc(Nc4cccc(N5CCOC(CO)C5)n4)nc23)c1. The van der Waals surface area contributed by atoms with E-state index in [-0.39, 0.29) is 18.6 Å². The Hall–Kier alpha value is -4.52. The van der Waals surface area contributed by atoms with Gasteiger partial charge in [0.1, 0.15) is 22.8 Å². The molecule has 1 atom stereocenters. The zero-order valence-electron chi connectivity index (χ0n) is 22.4. The molecule has 5 rings (SSSR count). The number of likely N-dealkylation sites (N-methyl/N-ethyl adjacent to an activating group) is 1. The van der Waals surface area contributed by atoms with Crippen LogP contribution in [0.15, 0.2) is 67.1 Å². The quantitative estimate of drug-likeness (QED) is 0.269. The van der Waals surface area contributed by atoms with E-state index in [2.05, 4.69) is 30.5 Å². The van der Waals surface area contributed by atoms with Crippen molar-refractivity contribution in [2.75, 3.05) is 62.5 Å². The molecule has 4 aromatic heterocycles. The number of aliphatic hydroxyl groups is 1. The number of pyridine rings is 3. The number of aliphatic hydroxyl groups excluding tert-OH is 1. The topological polar surface area (TPSA) is 142 Å². The van der Waals surface area contributed by atoms with E-state index < -0.39 is 0 Å². The monoisotopic (exact) mass is 541 g/mol. The highest BCUT2D eigenvalue weighted by Gasteiger charge is 2.21. The van der Waals surface area contributed by atoms with Crippen LogP contribution in [0.3, 0.4) is 0 Å². The van der Waals surface area contributed by atoms with E-state index in [1.807, 2.05) is 43.3 Å². The third-order valence-corrected chi connectivity index (χ3v) is 6.15. The summed E-state index contributed by atoms with van der Waals surface area (Å²) >= 11 is 0. The predicted octanol–water partition coefficient (Wildman–Crippen LogP) is 2.48. The molecule has 206 valence electrons. The van der Waals surface area contributed by atoms with Crippen molar-refractivity contribution in [3.8, 4) is 11.4 Å². The van der Waals surface area contributed by atoms with Gasteiger partial charge in [-0.15, -0.1) is 0 Å². The lowest BCUT2D eigenvalue weighted by atomic mass is 10.1. The molecule has 0 aromatic carbocycles. The number of carbonyl (C=O) groups is 1. The molecule has 1 unspecified atom stereocenters. The number of nitrogens with zero attached hydrogens (tertiary/aromatic N) is 7. The molecule has 1 fully saturated rings. The first-order chi connectivity index (χ1) is 19.5. The first-order valence-corrected chi connectivity index (χ1v) is 12.9. The number of morpholine rings is 1. The molecule has 1 aliphatic rings. The second kappa shape index (κ2) is 12.6. The number of rotatable bonds is 9. The van der Waals surface area contributed by atoms with Gasteiger partial charge in [-0.25, -0.2) is 15.0 Å². The van der Waals surface area contributed by atoms with E-state index in [4.69, 9.17) is 14.7 Å². The Labute approximate surface area is 231 Å². The molecule has 12 heteroatoms. The molecule has 0 radical (unpaired) electrons. The Balaban J connectivity index is 1.37. The minimum atomic E-state index is -0.234. The van der Waals surface area contributed by atoms with Gasteiger partial charge in [0.05, 0.1) is 25.0 Å². The number of anilines is 4. The minimum Gasteiger partial charge on any atom is -0.394 e. The van der Waals surface area contributed by atoms with Crippen molar-refractivity contribution in [2.45, 2.75) is 6.10 Å². The standard InChI is InChI=1S/C28H31N9O3/c1-36(2)12-4-7-25(39)32-20-9-11-29-22(15-20)27-26-19(8-10-30-27)16-31-28(35-26)34-23-5-3-6-24(33-23)37-13-14-40-21(17-37)18-38/h3-11,15-16,21,38H,12-14,17-18H2,1-2H3,(H,29,32,39)(H,31,33,34,35). The molecule has 0 spiro atoms. The van der Waals surface area contributed by atoms with Gasteiger partial charge in [-0.3, -0.25) is 14.8 Å². The van der Waals surface area contributed by atoms with Crippen LogP contribution >= 0.6 is 0 Å². The fourth-order valence-corrected chi connectivity index (χ4v) is 4.22. The summed E-state index contributed by atoms with van der Waals surface area (Å²) in [5.41, 5.74) is 2.34. The lowest BCUT2D eigenvalue weighted by Crippen LogP contribution is -2.44. The van der Waals surface area contributed by atoms with Crippen molar-refractivity contribution in [3.05, 3.63) is 67.1 Å². The van der Waals surface area contributed by atoms with Crippen LogP contribution in [-0.4, -0.2) is 93.9 Å². The van der Waals surface area contributed by atoms with Crippen LogP contribution in [-0.2, 0) is 9.53 Å². The Kier molecular flexibility index (Phi) is 8.50. The third-order valence-electron chi connectivity index (χ3n) is 6.15. The highest BCUT2D eigenvalue weighted by molar-refractivity contribution is 6.00. The number of hydrogen-bond donors (Lipinski definition) is 3. The van der Waals surface area contributed by atoms with Crippen LogP contribution in [0.25, 0.3) is 22.3 Å². The lowest BCUT2D eigenvalue weighted by Gasteiger charge is -2.33. The van der Waals surface area contributed by atoms with Crippen molar-refractivity contribution in [2.24, 2.45) is 0 Å². The maximum Gasteiger partial charge on any atom is 0.248 e. The fourth-order valence-electron chi connectivity index (χ4n) is 4.22. The van der Waals surface area contributed by atoms with Crippen molar-refractivity contribution in [1.82, 2.24) is 29.8 Å². The summed E-state index contributed by atoms with van der Waals surface area (Å²) in [4.78, 5) is 39.3. The molecule has 0 aliphatic carbocycles. The van der Waals surface area contributed by atoms with Gasteiger partial charge in [0.2, 0.25) is 11.9 Å². The normalized spacial score (nSPS) is 15.6. The van der Waals surface area contributed by atoms with E-state index in [0.29, 0.717) is 60.6 Å². The van der Waals surface area contributed by atoms with E-state index in [1.165, 1.54) is 6.08 Å². The maximum absolute atomic E-state index is 12.3. The highest BCUT2D eigenvalue weighted by Crippen LogP contribution is 2.26.